The first-order valence-corrected chi connectivity index (χ1v) is 4.97. The minimum absolute atomic E-state index is 0.0828. The van der Waals surface area contributed by atoms with Crippen molar-refractivity contribution in [2.24, 2.45) is 5.73 Å². The van der Waals surface area contributed by atoms with E-state index in [1.807, 2.05) is 27.7 Å². The average Bonchev–Trinajstić information content (AvgIpc) is 1.99. The van der Waals surface area contributed by atoms with E-state index < -0.39 is 0 Å². The third-order valence-electron chi connectivity index (χ3n) is 1.56. The summed E-state index contributed by atoms with van der Waals surface area (Å²) in [7, 11) is 0. The van der Waals surface area contributed by atoms with Gasteiger partial charge in [0.15, 0.2) is 0 Å². The molecule has 0 aromatic carbocycles. The molecule has 0 fully saturated rings. The van der Waals surface area contributed by atoms with Crippen molar-refractivity contribution in [1.82, 2.24) is 5.32 Å². The number of carbonyl (C=O) groups excluding carboxylic acids is 1. The Morgan fingerprint density at radius 3 is 2.50 bits per heavy atom. The number of hydrogen-bond donors (Lipinski definition) is 2. The van der Waals surface area contributed by atoms with Crippen LogP contribution in [-0.4, -0.2) is 30.7 Å². The maximum absolute atomic E-state index is 11.2. The normalized spacial score (nSPS) is 13.8. The summed E-state index contributed by atoms with van der Waals surface area (Å²) in [5.74, 6) is -0.0828. The van der Waals surface area contributed by atoms with Crippen LogP contribution in [0.5, 0.6) is 0 Å². The van der Waals surface area contributed by atoms with Gasteiger partial charge in [-0.1, -0.05) is 0 Å². The standard InChI is InChI=1S/C10H22N2O2/c1-8(11)5-6-12-9(13)7-14-10(2,3)4/h8H,5-7,11H2,1-4H3,(H,12,13). The summed E-state index contributed by atoms with van der Waals surface area (Å²) in [5.41, 5.74) is 5.27. The van der Waals surface area contributed by atoms with Crippen LogP contribution in [0.4, 0.5) is 0 Å². The Kier molecular flexibility index (Phi) is 5.72. The molecule has 0 spiro atoms. The lowest BCUT2D eigenvalue weighted by atomic mass is 10.2. The molecule has 0 heterocycles. The summed E-state index contributed by atoms with van der Waals surface area (Å²) >= 11 is 0. The second-order valence-electron chi connectivity index (χ2n) is 4.52. The second-order valence-corrected chi connectivity index (χ2v) is 4.52. The van der Waals surface area contributed by atoms with E-state index in [2.05, 4.69) is 5.32 Å². The number of hydrogen-bond acceptors (Lipinski definition) is 3. The first-order valence-electron chi connectivity index (χ1n) is 4.97. The van der Waals surface area contributed by atoms with Gasteiger partial charge in [-0.2, -0.15) is 0 Å². The van der Waals surface area contributed by atoms with Crippen LogP contribution in [0.25, 0.3) is 0 Å². The van der Waals surface area contributed by atoms with E-state index in [1.54, 1.807) is 0 Å². The quantitative estimate of drug-likeness (QED) is 0.688. The van der Waals surface area contributed by atoms with E-state index in [0.717, 1.165) is 6.42 Å². The maximum atomic E-state index is 11.2. The van der Waals surface area contributed by atoms with Crippen molar-refractivity contribution in [2.45, 2.75) is 45.8 Å². The molecule has 0 radical (unpaired) electrons. The van der Waals surface area contributed by atoms with Crippen molar-refractivity contribution in [3.05, 3.63) is 0 Å². The number of ether oxygens (including phenoxy) is 1. The highest BCUT2D eigenvalue weighted by molar-refractivity contribution is 5.77. The van der Waals surface area contributed by atoms with Gasteiger partial charge in [-0.3, -0.25) is 4.79 Å². The van der Waals surface area contributed by atoms with Gasteiger partial charge in [0.1, 0.15) is 6.61 Å². The molecule has 3 N–H and O–H groups in total. The van der Waals surface area contributed by atoms with Crippen LogP contribution in [0.3, 0.4) is 0 Å². The third-order valence-corrected chi connectivity index (χ3v) is 1.56. The molecule has 1 atom stereocenters. The van der Waals surface area contributed by atoms with Crippen LogP contribution in [0.2, 0.25) is 0 Å². The maximum Gasteiger partial charge on any atom is 0.246 e. The lowest BCUT2D eigenvalue weighted by Crippen LogP contribution is -2.34. The van der Waals surface area contributed by atoms with Gasteiger partial charge in [-0.25, -0.2) is 0 Å². The lowest BCUT2D eigenvalue weighted by molar-refractivity contribution is -0.130. The highest BCUT2D eigenvalue weighted by Crippen LogP contribution is 2.05. The topological polar surface area (TPSA) is 64.3 Å². The van der Waals surface area contributed by atoms with Crippen LogP contribution in [-0.2, 0) is 9.53 Å². The van der Waals surface area contributed by atoms with E-state index in [0.29, 0.717) is 6.54 Å². The van der Waals surface area contributed by atoms with Crippen molar-refractivity contribution in [3.8, 4) is 0 Å². The molecular weight excluding hydrogens is 180 g/mol. The predicted octanol–water partition coefficient (Wildman–Crippen LogP) is 0.655. The van der Waals surface area contributed by atoms with Gasteiger partial charge in [0.2, 0.25) is 5.91 Å². The number of carbonyl (C=O) groups is 1. The highest BCUT2D eigenvalue weighted by atomic mass is 16.5. The zero-order valence-corrected chi connectivity index (χ0v) is 9.59. The Morgan fingerprint density at radius 2 is 2.07 bits per heavy atom. The minimum atomic E-state index is -0.265. The first-order chi connectivity index (χ1) is 6.31. The smallest absolute Gasteiger partial charge is 0.246 e. The molecule has 0 saturated heterocycles. The zero-order valence-electron chi connectivity index (χ0n) is 9.59. The summed E-state index contributed by atoms with van der Waals surface area (Å²) in [6.45, 7) is 8.40. The van der Waals surface area contributed by atoms with Gasteiger partial charge < -0.3 is 15.8 Å². The Morgan fingerprint density at radius 1 is 1.50 bits per heavy atom. The Balaban J connectivity index is 3.47. The zero-order chi connectivity index (χ0) is 11.2. The van der Waals surface area contributed by atoms with Crippen molar-refractivity contribution in [3.63, 3.8) is 0 Å². The summed E-state index contributed by atoms with van der Waals surface area (Å²) in [5, 5.41) is 2.74. The third kappa shape index (κ3) is 9.48. The van der Waals surface area contributed by atoms with Crippen LogP contribution in [0.15, 0.2) is 0 Å². The van der Waals surface area contributed by atoms with Gasteiger partial charge in [0, 0.05) is 12.6 Å². The minimum Gasteiger partial charge on any atom is -0.366 e. The molecule has 0 aliphatic carbocycles. The molecule has 0 saturated carbocycles. The summed E-state index contributed by atoms with van der Waals surface area (Å²) in [6, 6.07) is 0.124. The molecule has 4 nitrogen and oxygen atoms in total. The van der Waals surface area contributed by atoms with Gasteiger partial charge in [-0.15, -0.1) is 0 Å². The predicted molar refractivity (Wildman–Crippen MR) is 57.0 cm³/mol. The van der Waals surface area contributed by atoms with E-state index in [1.165, 1.54) is 0 Å². The Hall–Kier alpha value is -0.610. The molecular formula is C10H22N2O2. The van der Waals surface area contributed by atoms with Gasteiger partial charge in [0.25, 0.3) is 0 Å². The van der Waals surface area contributed by atoms with Crippen molar-refractivity contribution < 1.29 is 9.53 Å². The van der Waals surface area contributed by atoms with Crippen LogP contribution < -0.4 is 11.1 Å². The van der Waals surface area contributed by atoms with Crippen molar-refractivity contribution in [1.29, 1.82) is 0 Å². The number of nitrogens with one attached hydrogen (secondary N) is 1. The molecule has 0 bridgehead atoms. The van der Waals surface area contributed by atoms with Crippen LogP contribution in [0, 0.1) is 0 Å². The molecule has 1 amide bonds. The van der Waals surface area contributed by atoms with Crippen LogP contribution >= 0.6 is 0 Å². The van der Waals surface area contributed by atoms with Gasteiger partial charge >= 0.3 is 0 Å². The van der Waals surface area contributed by atoms with E-state index in [4.69, 9.17) is 10.5 Å². The largest absolute Gasteiger partial charge is 0.366 e. The average molecular weight is 202 g/mol. The lowest BCUT2D eigenvalue weighted by Gasteiger charge is -2.19. The Bertz CT molecular complexity index is 173. The van der Waals surface area contributed by atoms with Crippen molar-refractivity contribution >= 4 is 5.91 Å². The highest BCUT2D eigenvalue weighted by Gasteiger charge is 2.12. The fourth-order valence-electron chi connectivity index (χ4n) is 0.772. The summed E-state index contributed by atoms with van der Waals surface area (Å²) < 4.78 is 5.31. The van der Waals surface area contributed by atoms with Gasteiger partial charge in [-0.05, 0) is 34.1 Å². The van der Waals surface area contributed by atoms with Crippen molar-refractivity contribution in [2.75, 3.05) is 13.2 Å². The molecule has 1 unspecified atom stereocenters. The SMILES string of the molecule is CC(N)CCNC(=O)COC(C)(C)C. The van der Waals surface area contributed by atoms with E-state index in [-0.39, 0.29) is 24.2 Å². The van der Waals surface area contributed by atoms with E-state index >= 15 is 0 Å². The van der Waals surface area contributed by atoms with Crippen LogP contribution in [0.1, 0.15) is 34.1 Å². The monoisotopic (exact) mass is 202 g/mol. The molecule has 0 rings (SSSR count). The first kappa shape index (κ1) is 13.4. The molecule has 84 valence electrons. The van der Waals surface area contributed by atoms with Gasteiger partial charge in [0.05, 0.1) is 5.60 Å². The molecule has 4 heteroatoms. The van der Waals surface area contributed by atoms with E-state index in [9.17, 15) is 4.79 Å². The molecule has 0 aromatic rings. The summed E-state index contributed by atoms with van der Waals surface area (Å²) in [6.07, 6.45) is 0.793. The molecule has 0 aliphatic rings. The molecule has 0 aliphatic heterocycles. The molecule has 0 aromatic heterocycles. The fourth-order valence-corrected chi connectivity index (χ4v) is 0.772. The summed E-state index contributed by atoms with van der Waals surface area (Å²) in [4.78, 5) is 11.2. The Labute approximate surface area is 86.2 Å². The number of rotatable bonds is 5. The number of amides is 1. The number of nitrogens with two attached hydrogens (primary N) is 1. The molecule has 14 heavy (non-hydrogen) atoms. The fraction of sp³-hybridized carbons (Fsp3) is 0.900. The second kappa shape index (κ2) is 5.98.